The van der Waals surface area contributed by atoms with Crippen LogP contribution in [0, 0.1) is 21.7 Å². The number of aliphatic hydroxyl groups is 1. The van der Waals surface area contributed by atoms with Crippen LogP contribution in [0.2, 0.25) is 0 Å². The van der Waals surface area contributed by atoms with Crippen LogP contribution in [0.15, 0.2) is 0 Å². The first kappa shape index (κ1) is 46.0. The molecule has 42 heavy (non-hydrogen) atoms. The SMILES string of the molecule is CC(C)(C)C(=O)O.CC(C)(C)C(=O)OC(=O)C(C)(C)C.COC(=O)C(C)(C)O.COC(=O)C(C)(C)OC(=O)C(C)(C)C. The molecule has 0 rings (SSSR count). The Hall–Kier alpha value is -3.02. The molecule has 0 unspecified atom stereocenters. The van der Waals surface area contributed by atoms with Gasteiger partial charge in [0, 0.05) is 0 Å². The van der Waals surface area contributed by atoms with E-state index >= 15 is 0 Å². The molecule has 0 aromatic carbocycles. The van der Waals surface area contributed by atoms with Gasteiger partial charge in [0.05, 0.1) is 35.9 Å². The summed E-state index contributed by atoms with van der Waals surface area (Å²) in [6.07, 6.45) is 0. The minimum atomic E-state index is -1.35. The average Bonchev–Trinajstić information content (AvgIpc) is 2.75. The van der Waals surface area contributed by atoms with Crippen molar-refractivity contribution in [1.82, 2.24) is 0 Å². The predicted octanol–water partition coefficient (Wildman–Crippen LogP) is 4.72. The van der Waals surface area contributed by atoms with E-state index in [1.165, 1.54) is 41.9 Å². The highest BCUT2D eigenvalue weighted by Crippen LogP contribution is 2.22. The van der Waals surface area contributed by atoms with Crippen LogP contribution >= 0.6 is 0 Å². The summed E-state index contributed by atoms with van der Waals surface area (Å²) >= 11 is 0. The van der Waals surface area contributed by atoms with Gasteiger partial charge in [-0.15, -0.1) is 0 Å². The second kappa shape index (κ2) is 17.2. The molecule has 0 atom stereocenters. The standard InChI is InChI=1S/C10H18O4.C10H18O3.C5H10O3.C5H10O2/c1-9(2,3)7(11)14-10(4,5)8(12)13-6;1-9(2,3)7(11)13-8(12)10(4,5)6;1-5(2,7)4(6)8-3;1-5(2,3)4(6)7/h1-6H3;1-6H3;7H,1-3H3;1-3H3,(H,6,7). The number of carboxylic acids is 1. The van der Waals surface area contributed by atoms with Gasteiger partial charge >= 0.3 is 35.8 Å². The number of aliphatic carboxylic acids is 1. The lowest BCUT2D eigenvalue weighted by Crippen LogP contribution is -2.41. The Kier molecular flexibility index (Phi) is 18.8. The highest BCUT2D eigenvalue weighted by molar-refractivity contribution is 5.90. The normalized spacial score (nSPS) is 11.9. The Labute approximate surface area is 251 Å². The molecule has 0 aliphatic rings. The summed E-state index contributed by atoms with van der Waals surface area (Å²) in [5.41, 5.74) is -5.03. The molecule has 0 amide bonds. The van der Waals surface area contributed by atoms with E-state index in [9.17, 15) is 28.8 Å². The van der Waals surface area contributed by atoms with Crippen LogP contribution in [-0.4, -0.2) is 71.5 Å². The van der Waals surface area contributed by atoms with Gasteiger partial charge in [0.15, 0.2) is 5.60 Å². The maximum absolute atomic E-state index is 11.5. The van der Waals surface area contributed by atoms with Gasteiger partial charge in [-0.3, -0.25) is 19.2 Å². The summed E-state index contributed by atoms with van der Waals surface area (Å²) in [5.74, 6) is -3.31. The van der Waals surface area contributed by atoms with Crippen molar-refractivity contribution in [2.75, 3.05) is 14.2 Å². The van der Waals surface area contributed by atoms with Gasteiger partial charge in [-0.1, -0.05) is 0 Å². The highest BCUT2D eigenvalue weighted by atomic mass is 16.6. The summed E-state index contributed by atoms with van der Waals surface area (Å²) in [4.78, 5) is 65.6. The van der Waals surface area contributed by atoms with Crippen LogP contribution in [0.25, 0.3) is 0 Å². The van der Waals surface area contributed by atoms with Crippen molar-refractivity contribution in [2.45, 2.75) is 122 Å². The smallest absolute Gasteiger partial charge is 0.349 e. The maximum Gasteiger partial charge on any atom is 0.349 e. The zero-order valence-electron chi connectivity index (χ0n) is 29.0. The minimum absolute atomic E-state index is 0.423. The number of carbonyl (C=O) groups is 6. The van der Waals surface area contributed by atoms with Crippen molar-refractivity contribution in [3.05, 3.63) is 0 Å². The number of methoxy groups -OCH3 is 2. The van der Waals surface area contributed by atoms with Gasteiger partial charge in [-0.2, -0.15) is 0 Å². The molecule has 0 radical (unpaired) electrons. The molecule has 0 saturated carbocycles. The summed E-state index contributed by atoms with van der Waals surface area (Å²) in [6.45, 7) is 26.2. The first-order chi connectivity index (χ1) is 18.1. The number of rotatable bonds is 3. The molecule has 0 fully saturated rings. The van der Waals surface area contributed by atoms with Crippen LogP contribution < -0.4 is 0 Å². The van der Waals surface area contributed by atoms with Gasteiger partial charge < -0.3 is 29.2 Å². The highest BCUT2D eigenvalue weighted by Gasteiger charge is 2.37. The lowest BCUT2D eigenvalue weighted by Gasteiger charge is -2.26. The lowest BCUT2D eigenvalue weighted by molar-refractivity contribution is -0.182. The molecule has 0 aliphatic carbocycles. The molecule has 248 valence electrons. The van der Waals surface area contributed by atoms with E-state index in [1.807, 2.05) is 0 Å². The molecular formula is C30H56O12. The maximum atomic E-state index is 11.5. The number of hydrogen-bond acceptors (Lipinski definition) is 11. The molecule has 0 saturated heterocycles. The van der Waals surface area contributed by atoms with E-state index in [-0.39, 0.29) is 0 Å². The molecule has 0 spiro atoms. The van der Waals surface area contributed by atoms with Gasteiger partial charge in [0.25, 0.3) is 0 Å². The lowest BCUT2D eigenvalue weighted by atomic mass is 9.95. The topological polar surface area (TPSA) is 180 Å². The van der Waals surface area contributed by atoms with Crippen LogP contribution in [0.1, 0.15) is 111 Å². The van der Waals surface area contributed by atoms with E-state index < -0.39 is 68.7 Å². The third kappa shape index (κ3) is 22.6. The number of hydrogen-bond donors (Lipinski definition) is 2. The zero-order chi connectivity index (χ0) is 35.3. The first-order valence-corrected chi connectivity index (χ1v) is 13.2. The Balaban J connectivity index is -0.000000239. The molecule has 0 bridgehead atoms. The van der Waals surface area contributed by atoms with Gasteiger partial charge in [0.1, 0.15) is 0 Å². The van der Waals surface area contributed by atoms with Crippen molar-refractivity contribution in [3.63, 3.8) is 0 Å². The monoisotopic (exact) mass is 608 g/mol. The van der Waals surface area contributed by atoms with E-state index in [0.29, 0.717) is 0 Å². The van der Waals surface area contributed by atoms with E-state index in [0.717, 1.165) is 0 Å². The Bertz CT molecular complexity index is 886. The van der Waals surface area contributed by atoms with Crippen molar-refractivity contribution < 1.29 is 57.9 Å². The molecule has 0 heterocycles. The van der Waals surface area contributed by atoms with Crippen molar-refractivity contribution in [1.29, 1.82) is 0 Å². The summed E-state index contributed by atoms with van der Waals surface area (Å²) in [6, 6.07) is 0. The van der Waals surface area contributed by atoms with Gasteiger partial charge in [-0.05, 0) is 111 Å². The molecule has 0 aromatic rings. The van der Waals surface area contributed by atoms with Gasteiger partial charge in [-0.25, -0.2) is 9.59 Å². The van der Waals surface area contributed by atoms with Crippen LogP contribution in [0.4, 0.5) is 0 Å². The van der Waals surface area contributed by atoms with Crippen molar-refractivity contribution in [3.8, 4) is 0 Å². The molecule has 0 aliphatic heterocycles. The average molecular weight is 609 g/mol. The Morgan fingerprint density at radius 3 is 0.857 bits per heavy atom. The quantitative estimate of drug-likeness (QED) is 0.256. The van der Waals surface area contributed by atoms with Crippen LogP contribution in [0.3, 0.4) is 0 Å². The third-order valence-corrected chi connectivity index (χ3v) is 4.37. The third-order valence-electron chi connectivity index (χ3n) is 4.37. The van der Waals surface area contributed by atoms with Crippen LogP contribution in [-0.2, 0) is 47.7 Å². The van der Waals surface area contributed by atoms with Gasteiger partial charge in [0.2, 0.25) is 5.60 Å². The predicted molar refractivity (Wildman–Crippen MR) is 157 cm³/mol. The fraction of sp³-hybridized carbons (Fsp3) is 0.800. The molecule has 0 aromatic heterocycles. The number of carbonyl (C=O) groups excluding carboxylic acids is 5. The summed E-state index contributed by atoms with van der Waals surface area (Å²) in [5, 5.41) is 17.1. The minimum Gasteiger partial charge on any atom is -0.481 e. The fourth-order valence-corrected chi connectivity index (χ4v) is 1.31. The first-order valence-electron chi connectivity index (χ1n) is 13.2. The number of carboxylic acid groups (broad SMARTS) is 1. The van der Waals surface area contributed by atoms with E-state index in [2.05, 4.69) is 9.47 Å². The van der Waals surface area contributed by atoms with E-state index in [4.69, 9.17) is 19.7 Å². The van der Waals surface area contributed by atoms with Crippen molar-refractivity contribution >= 4 is 35.8 Å². The molecule has 12 heteroatoms. The molecular weight excluding hydrogens is 552 g/mol. The second-order valence-corrected chi connectivity index (χ2v) is 14.4. The Morgan fingerprint density at radius 2 is 0.714 bits per heavy atom. The Morgan fingerprint density at radius 1 is 0.452 bits per heavy atom. The summed E-state index contributed by atoms with van der Waals surface area (Å²) in [7, 11) is 2.50. The number of esters is 5. The second-order valence-electron chi connectivity index (χ2n) is 14.4. The fourth-order valence-electron chi connectivity index (χ4n) is 1.31. The molecule has 2 N–H and O–H groups in total. The van der Waals surface area contributed by atoms with Crippen LogP contribution in [0.5, 0.6) is 0 Å². The number of ether oxygens (including phenoxy) is 4. The molecule has 12 nitrogen and oxygen atoms in total. The largest absolute Gasteiger partial charge is 0.481 e. The van der Waals surface area contributed by atoms with Crippen molar-refractivity contribution in [2.24, 2.45) is 21.7 Å². The van der Waals surface area contributed by atoms with E-state index in [1.54, 1.807) is 83.1 Å². The summed E-state index contributed by atoms with van der Waals surface area (Å²) < 4.78 is 18.5. The zero-order valence-corrected chi connectivity index (χ0v) is 29.0.